The Morgan fingerprint density at radius 3 is 2.59 bits per heavy atom. The first-order valence-corrected chi connectivity index (χ1v) is 10.1. The van der Waals surface area contributed by atoms with Gasteiger partial charge in [0, 0.05) is 31.3 Å². The Labute approximate surface area is 158 Å². The van der Waals surface area contributed by atoms with Crippen molar-refractivity contribution in [3.63, 3.8) is 0 Å². The van der Waals surface area contributed by atoms with Crippen LogP contribution in [0.5, 0.6) is 0 Å². The highest BCUT2D eigenvalue weighted by molar-refractivity contribution is 7.89. The average Bonchev–Trinajstić information content (AvgIpc) is 2.64. The molecule has 1 atom stereocenters. The number of amides is 1. The number of sulfonamides is 1. The predicted octanol–water partition coefficient (Wildman–Crippen LogP) is 3.49. The van der Waals surface area contributed by atoms with Crippen LogP contribution in [-0.2, 0) is 16.4 Å². The zero-order valence-electron chi connectivity index (χ0n) is 15.0. The molecule has 0 spiro atoms. The lowest BCUT2D eigenvalue weighted by Crippen LogP contribution is -2.38. The molecular formula is C19H22F2N2O3S. The van der Waals surface area contributed by atoms with Gasteiger partial charge in [-0.15, -0.1) is 0 Å². The van der Waals surface area contributed by atoms with Crippen LogP contribution in [0.3, 0.4) is 0 Å². The Hall–Kier alpha value is -2.32. The van der Waals surface area contributed by atoms with Crippen molar-refractivity contribution >= 4 is 21.6 Å². The topological polar surface area (TPSA) is 66.5 Å². The molecule has 0 bridgehead atoms. The van der Waals surface area contributed by atoms with Gasteiger partial charge in [-0.1, -0.05) is 13.0 Å². The molecule has 5 nitrogen and oxygen atoms in total. The number of nitrogens with one attached hydrogen (secondary N) is 1. The maximum Gasteiger partial charge on any atom is 0.258 e. The molecule has 1 aliphatic rings. The van der Waals surface area contributed by atoms with E-state index < -0.39 is 27.6 Å². The quantitative estimate of drug-likeness (QED) is 0.841. The minimum Gasteiger partial charge on any atom is -0.308 e. The summed E-state index contributed by atoms with van der Waals surface area (Å²) in [5.41, 5.74) is 1.20. The SMILES string of the molecule is CC[C@@H](C)NS(=O)(=O)c1ccc2c(c1)C(=O)N(c1ccc(F)c(F)c1)CC2.[HH]. The van der Waals surface area contributed by atoms with Crippen LogP contribution in [0.15, 0.2) is 41.3 Å². The third kappa shape index (κ3) is 3.86. The molecule has 0 unspecified atom stereocenters. The minimum atomic E-state index is -3.75. The number of fused-ring (bicyclic) bond motifs is 1. The molecule has 0 fully saturated rings. The molecule has 0 aromatic heterocycles. The van der Waals surface area contributed by atoms with Crippen molar-refractivity contribution < 1.29 is 23.4 Å². The predicted molar refractivity (Wildman–Crippen MR) is 100 cm³/mol. The summed E-state index contributed by atoms with van der Waals surface area (Å²) < 4.78 is 54.3. The van der Waals surface area contributed by atoms with E-state index in [1.54, 1.807) is 13.0 Å². The molecule has 0 aliphatic carbocycles. The Balaban J connectivity index is 0.00000280. The minimum absolute atomic E-state index is 0. The van der Waals surface area contributed by atoms with Gasteiger partial charge in [-0.25, -0.2) is 21.9 Å². The highest BCUT2D eigenvalue weighted by atomic mass is 32.2. The molecule has 0 radical (unpaired) electrons. The second-order valence-corrected chi connectivity index (χ2v) is 8.27. The number of rotatable bonds is 5. The summed E-state index contributed by atoms with van der Waals surface area (Å²) in [6.07, 6.45) is 1.12. The van der Waals surface area contributed by atoms with Gasteiger partial charge in [0.2, 0.25) is 10.0 Å². The monoisotopic (exact) mass is 396 g/mol. The third-order valence-corrected chi connectivity index (χ3v) is 6.24. The van der Waals surface area contributed by atoms with Crippen LogP contribution in [0, 0.1) is 11.6 Å². The van der Waals surface area contributed by atoms with Gasteiger partial charge in [0.25, 0.3) is 5.91 Å². The van der Waals surface area contributed by atoms with Gasteiger partial charge in [-0.3, -0.25) is 4.79 Å². The van der Waals surface area contributed by atoms with Crippen LogP contribution < -0.4 is 9.62 Å². The second-order valence-electron chi connectivity index (χ2n) is 6.55. The summed E-state index contributed by atoms with van der Waals surface area (Å²) >= 11 is 0. The molecule has 2 aromatic rings. The maximum absolute atomic E-state index is 13.5. The average molecular weight is 396 g/mol. The van der Waals surface area contributed by atoms with E-state index in [4.69, 9.17) is 0 Å². The number of halogens is 2. The number of benzene rings is 2. The van der Waals surface area contributed by atoms with E-state index in [0.717, 1.165) is 17.7 Å². The van der Waals surface area contributed by atoms with Gasteiger partial charge in [-0.05, 0) is 49.6 Å². The van der Waals surface area contributed by atoms with Crippen molar-refractivity contribution in [3.05, 3.63) is 59.2 Å². The molecule has 2 aromatic carbocycles. The van der Waals surface area contributed by atoms with Gasteiger partial charge in [-0.2, -0.15) is 0 Å². The summed E-state index contributed by atoms with van der Waals surface area (Å²) in [6.45, 7) is 3.92. The molecular weight excluding hydrogens is 374 g/mol. The van der Waals surface area contributed by atoms with E-state index in [1.807, 2.05) is 6.92 Å². The Morgan fingerprint density at radius 1 is 1.19 bits per heavy atom. The Bertz CT molecular complexity index is 999. The van der Waals surface area contributed by atoms with Crippen molar-refractivity contribution in [2.45, 2.75) is 37.6 Å². The lowest BCUT2D eigenvalue weighted by molar-refractivity contribution is 0.0980. The zero-order valence-corrected chi connectivity index (χ0v) is 15.8. The van der Waals surface area contributed by atoms with Gasteiger partial charge in [0.1, 0.15) is 0 Å². The number of nitrogens with zero attached hydrogens (tertiary/aromatic N) is 1. The second kappa shape index (κ2) is 7.36. The fraction of sp³-hybridized carbons (Fsp3) is 0.316. The van der Waals surface area contributed by atoms with E-state index in [9.17, 15) is 22.0 Å². The molecule has 27 heavy (non-hydrogen) atoms. The van der Waals surface area contributed by atoms with Crippen LogP contribution in [0.4, 0.5) is 14.5 Å². The van der Waals surface area contributed by atoms with E-state index in [0.29, 0.717) is 19.4 Å². The van der Waals surface area contributed by atoms with Crippen molar-refractivity contribution in [3.8, 4) is 0 Å². The van der Waals surface area contributed by atoms with Crippen LogP contribution in [0.1, 0.15) is 37.6 Å². The van der Waals surface area contributed by atoms with E-state index >= 15 is 0 Å². The number of carbonyl (C=O) groups is 1. The van der Waals surface area contributed by atoms with Crippen LogP contribution in [0.2, 0.25) is 0 Å². The van der Waals surface area contributed by atoms with Crippen LogP contribution in [-0.4, -0.2) is 26.9 Å². The molecule has 0 saturated carbocycles. The van der Waals surface area contributed by atoms with Crippen molar-refractivity contribution in [1.82, 2.24) is 4.72 Å². The maximum atomic E-state index is 13.5. The van der Waals surface area contributed by atoms with E-state index in [2.05, 4.69) is 4.72 Å². The fourth-order valence-corrected chi connectivity index (χ4v) is 4.29. The molecule has 146 valence electrons. The first-order chi connectivity index (χ1) is 12.7. The third-order valence-electron chi connectivity index (χ3n) is 4.66. The van der Waals surface area contributed by atoms with Crippen molar-refractivity contribution in [1.29, 1.82) is 0 Å². The van der Waals surface area contributed by atoms with E-state index in [1.165, 1.54) is 23.1 Å². The first-order valence-electron chi connectivity index (χ1n) is 8.65. The summed E-state index contributed by atoms with van der Waals surface area (Å²) in [4.78, 5) is 14.2. The standard InChI is InChI=1S/C19H20F2N2O3S.H2/c1-3-12(2)22-27(25,26)15-6-4-13-8-9-23(19(24)16(13)11-15)14-5-7-17(20)18(21)10-14;/h4-7,10-12,22H,3,8-9H2,1-2H3;1H/t12-;/m1./s1. The van der Waals surface area contributed by atoms with E-state index in [-0.39, 0.29) is 23.6 Å². The highest BCUT2D eigenvalue weighted by Gasteiger charge is 2.28. The van der Waals surface area contributed by atoms with Gasteiger partial charge >= 0.3 is 0 Å². The summed E-state index contributed by atoms with van der Waals surface area (Å²) in [6, 6.07) is 7.46. The Kier molecular flexibility index (Phi) is 5.30. The number of carbonyl (C=O) groups excluding carboxylic acids is 1. The van der Waals surface area contributed by atoms with Gasteiger partial charge in [0.05, 0.1) is 4.90 Å². The first kappa shape index (κ1) is 19.4. The lowest BCUT2D eigenvalue weighted by Gasteiger charge is -2.29. The molecule has 1 amide bonds. The van der Waals surface area contributed by atoms with Crippen molar-refractivity contribution in [2.75, 3.05) is 11.4 Å². The summed E-state index contributed by atoms with van der Waals surface area (Å²) in [5, 5.41) is 0. The number of anilines is 1. The number of hydrogen-bond donors (Lipinski definition) is 1. The molecule has 1 aliphatic heterocycles. The molecule has 1 heterocycles. The lowest BCUT2D eigenvalue weighted by atomic mass is 9.98. The van der Waals surface area contributed by atoms with Crippen molar-refractivity contribution in [2.24, 2.45) is 0 Å². The summed E-state index contributed by atoms with van der Waals surface area (Å²) in [5.74, 6) is -2.48. The molecule has 0 saturated heterocycles. The van der Waals surface area contributed by atoms with Gasteiger partial charge < -0.3 is 4.90 Å². The Morgan fingerprint density at radius 2 is 1.93 bits per heavy atom. The molecule has 1 N–H and O–H groups in total. The molecule has 3 rings (SSSR count). The largest absolute Gasteiger partial charge is 0.308 e. The van der Waals surface area contributed by atoms with Gasteiger partial charge in [0.15, 0.2) is 11.6 Å². The number of hydrogen-bond acceptors (Lipinski definition) is 3. The van der Waals surface area contributed by atoms with Crippen LogP contribution in [0.25, 0.3) is 0 Å². The fourth-order valence-electron chi connectivity index (χ4n) is 2.93. The normalized spacial score (nSPS) is 15.6. The smallest absolute Gasteiger partial charge is 0.258 e. The van der Waals surface area contributed by atoms with Crippen LogP contribution >= 0.6 is 0 Å². The molecule has 8 heteroatoms. The zero-order chi connectivity index (χ0) is 19.8. The highest BCUT2D eigenvalue weighted by Crippen LogP contribution is 2.27. The summed E-state index contributed by atoms with van der Waals surface area (Å²) in [7, 11) is -3.75.